The third-order valence-electron chi connectivity index (χ3n) is 4.89. The third kappa shape index (κ3) is 2.49. The molecule has 8 heteroatoms. The molecule has 1 aliphatic carbocycles. The van der Waals surface area contributed by atoms with Crippen molar-refractivity contribution in [3.63, 3.8) is 0 Å². The van der Waals surface area contributed by atoms with Crippen LogP contribution in [0.3, 0.4) is 0 Å². The van der Waals surface area contributed by atoms with Gasteiger partial charge in [0.05, 0.1) is 20.1 Å². The first-order chi connectivity index (χ1) is 11.8. The normalized spacial score (nSPS) is 30.6. The van der Waals surface area contributed by atoms with Crippen molar-refractivity contribution < 1.29 is 33.6 Å². The van der Waals surface area contributed by atoms with E-state index in [4.69, 9.17) is 30.5 Å². The summed E-state index contributed by atoms with van der Waals surface area (Å²) >= 11 is 6.09. The predicted octanol–water partition coefficient (Wildman–Crippen LogP) is 2.21. The molecular weight excluding hydrogens is 352 g/mol. The molecule has 0 aromatic heterocycles. The number of halogens is 1. The van der Waals surface area contributed by atoms with Crippen LogP contribution in [0.2, 0.25) is 5.02 Å². The second kappa shape index (κ2) is 6.16. The Hall–Kier alpha value is -1.83. The molecule has 1 aromatic carbocycles. The zero-order valence-electron chi connectivity index (χ0n) is 14.3. The van der Waals surface area contributed by atoms with E-state index >= 15 is 0 Å². The lowest BCUT2D eigenvalue weighted by Crippen LogP contribution is -2.45. The summed E-state index contributed by atoms with van der Waals surface area (Å²) in [6, 6.07) is 1.43. The number of methoxy groups -OCH3 is 3. The van der Waals surface area contributed by atoms with Gasteiger partial charge in [-0.2, -0.15) is 0 Å². The fraction of sp³-hybridized carbons (Fsp3) is 0.529. The summed E-state index contributed by atoms with van der Waals surface area (Å²) in [5.41, 5.74) is -0.0785. The number of epoxide rings is 1. The van der Waals surface area contributed by atoms with Crippen molar-refractivity contribution in [2.75, 3.05) is 21.3 Å². The molecule has 7 nitrogen and oxygen atoms in total. The largest absolute Gasteiger partial charge is 0.505 e. The number of ether oxygens (including phenoxy) is 4. The van der Waals surface area contributed by atoms with Gasteiger partial charge in [0, 0.05) is 19.6 Å². The van der Waals surface area contributed by atoms with E-state index in [0.717, 1.165) is 0 Å². The van der Waals surface area contributed by atoms with Crippen LogP contribution >= 0.6 is 11.6 Å². The fourth-order valence-corrected chi connectivity index (χ4v) is 3.87. The Morgan fingerprint density at radius 1 is 1.32 bits per heavy atom. The van der Waals surface area contributed by atoms with Crippen LogP contribution in [-0.4, -0.2) is 49.9 Å². The number of fused-ring (bicyclic) bond motifs is 1. The van der Waals surface area contributed by atoms with Gasteiger partial charge in [-0.25, -0.2) is 0 Å². The van der Waals surface area contributed by atoms with Crippen molar-refractivity contribution in [3.8, 4) is 17.2 Å². The molecule has 1 saturated carbocycles. The summed E-state index contributed by atoms with van der Waals surface area (Å²) in [7, 11) is 4.15. The van der Waals surface area contributed by atoms with Crippen molar-refractivity contribution in [2.45, 2.75) is 25.2 Å². The molecule has 2 aliphatic rings. The van der Waals surface area contributed by atoms with E-state index in [2.05, 4.69) is 0 Å². The molecule has 2 fully saturated rings. The van der Waals surface area contributed by atoms with E-state index in [0.29, 0.717) is 0 Å². The van der Waals surface area contributed by atoms with Gasteiger partial charge in [0.25, 0.3) is 0 Å². The summed E-state index contributed by atoms with van der Waals surface area (Å²) in [4.78, 5) is 25.3. The van der Waals surface area contributed by atoms with Crippen LogP contribution in [0.1, 0.15) is 23.7 Å². The quantitative estimate of drug-likeness (QED) is 0.627. The molecule has 3 rings (SSSR count). The number of hydrogen-bond acceptors (Lipinski definition) is 7. The molecule has 0 radical (unpaired) electrons. The smallest absolute Gasteiger partial charge is 0.213 e. The van der Waals surface area contributed by atoms with Gasteiger partial charge < -0.3 is 24.1 Å². The molecule has 4 atom stereocenters. The number of Topliss-reactive ketones (excluding diaryl/α,β-unsaturated/α-hetero) is 2. The molecule has 1 saturated heterocycles. The number of hydrogen-bond donors (Lipinski definition) is 1. The van der Waals surface area contributed by atoms with E-state index in [1.54, 1.807) is 6.92 Å². The topological polar surface area (TPSA) is 94.6 Å². The molecule has 136 valence electrons. The maximum atomic E-state index is 13.3. The van der Waals surface area contributed by atoms with Gasteiger partial charge in [0.2, 0.25) is 5.79 Å². The highest BCUT2D eigenvalue weighted by atomic mass is 35.5. The number of ketones is 2. The lowest BCUT2D eigenvalue weighted by Gasteiger charge is -2.31. The van der Waals surface area contributed by atoms with Gasteiger partial charge >= 0.3 is 0 Å². The molecule has 1 heterocycles. The van der Waals surface area contributed by atoms with Crippen LogP contribution in [-0.2, 0) is 14.3 Å². The zero-order chi connectivity index (χ0) is 18.5. The summed E-state index contributed by atoms with van der Waals surface area (Å²) in [6.45, 7) is 1.77. The number of aromatic hydroxyl groups is 1. The molecule has 4 unspecified atom stereocenters. The van der Waals surface area contributed by atoms with Crippen LogP contribution in [0.25, 0.3) is 0 Å². The first kappa shape index (κ1) is 18.0. The Morgan fingerprint density at radius 3 is 2.52 bits per heavy atom. The number of phenolic OH excluding ortho intramolecular Hbond substituents is 1. The second-order valence-electron chi connectivity index (χ2n) is 6.23. The first-order valence-electron chi connectivity index (χ1n) is 7.75. The first-order valence-corrected chi connectivity index (χ1v) is 8.13. The predicted molar refractivity (Wildman–Crippen MR) is 87.4 cm³/mol. The number of rotatable bonds is 5. The summed E-state index contributed by atoms with van der Waals surface area (Å²) in [5.74, 6) is -3.08. The fourth-order valence-electron chi connectivity index (χ4n) is 3.64. The Balaban J connectivity index is 2.09. The average molecular weight is 371 g/mol. The van der Waals surface area contributed by atoms with Crippen molar-refractivity contribution in [1.29, 1.82) is 0 Å². The van der Waals surface area contributed by atoms with Crippen molar-refractivity contribution in [1.82, 2.24) is 0 Å². The van der Waals surface area contributed by atoms with Crippen LogP contribution in [0.15, 0.2) is 6.07 Å². The molecule has 0 bridgehead atoms. The Kier molecular flexibility index (Phi) is 4.43. The maximum Gasteiger partial charge on any atom is 0.213 e. The summed E-state index contributed by atoms with van der Waals surface area (Å²) in [6.07, 6.45) is -0.566. The van der Waals surface area contributed by atoms with Crippen LogP contribution in [0.5, 0.6) is 17.2 Å². The van der Waals surface area contributed by atoms with Gasteiger partial charge in [-0.1, -0.05) is 18.5 Å². The Bertz CT molecular complexity index is 747. The van der Waals surface area contributed by atoms with Crippen molar-refractivity contribution >= 4 is 23.2 Å². The van der Waals surface area contributed by atoms with E-state index < -0.39 is 29.3 Å². The van der Waals surface area contributed by atoms with Crippen molar-refractivity contribution in [3.05, 3.63) is 16.7 Å². The number of benzene rings is 1. The minimum absolute atomic E-state index is 0.0785. The number of carbonyl (C=O) groups is 2. The molecule has 1 aliphatic heterocycles. The average Bonchev–Trinajstić information content (AvgIpc) is 3.33. The summed E-state index contributed by atoms with van der Waals surface area (Å²) in [5, 5.41) is 10.4. The van der Waals surface area contributed by atoms with Crippen LogP contribution < -0.4 is 9.47 Å². The number of phenols is 1. The molecule has 0 spiro atoms. The van der Waals surface area contributed by atoms with Gasteiger partial charge in [-0.15, -0.1) is 0 Å². The van der Waals surface area contributed by atoms with Crippen molar-refractivity contribution in [2.24, 2.45) is 11.8 Å². The highest BCUT2D eigenvalue weighted by molar-refractivity contribution is 6.34. The highest BCUT2D eigenvalue weighted by Gasteiger charge is 2.71. The summed E-state index contributed by atoms with van der Waals surface area (Å²) < 4.78 is 21.2. The monoisotopic (exact) mass is 370 g/mol. The molecular formula is C17H19ClO7. The molecule has 1 N–H and O–H groups in total. The minimum Gasteiger partial charge on any atom is -0.505 e. The van der Waals surface area contributed by atoms with E-state index in [1.807, 2.05) is 0 Å². The third-order valence-corrected chi connectivity index (χ3v) is 5.25. The molecule has 1 aromatic rings. The van der Waals surface area contributed by atoms with E-state index in [9.17, 15) is 14.7 Å². The SMILES string of the molecule is COc1cc(OC)c(C(=O)C2C(C)CC(=O)C3OC32OC)c(O)c1Cl. The Labute approximate surface area is 149 Å². The molecule has 25 heavy (non-hydrogen) atoms. The van der Waals surface area contributed by atoms with Gasteiger partial charge in [0.15, 0.2) is 23.4 Å². The van der Waals surface area contributed by atoms with Gasteiger partial charge in [-0.05, 0) is 5.92 Å². The lowest BCUT2D eigenvalue weighted by atomic mass is 9.73. The Morgan fingerprint density at radius 2 is 1.96 bits per heavy atom. The highest BCUT2D eigenvalue weighted by Crippen LogP contribution is 2.55. The van der Waals surface area contributed by atoms with Crippen LogP contribution in [0, 0.1) is 11.8 Å². The molecule has 0 amide bonds. The standard InChI is InChI=1S/C17H19ClO7/c1-7-5-8(19)16-17(24-4,25-16)12(7)14(20)11-9(22-2)6-10(23-3)13(18)15(11)21/h6-7,12,16,21H,5H2,1-4H3. The lowest BCUT2D eigenvalue weighted by molar-refractivity contribution is -0.125. The van der Waals surface area contributed by atoms with E-state index in [-0.39, 0.29) is 40.2 Å². The number of carbonyl (C=O) groups excluding carboxylic acids is 2. The minimum atomic E-state index is -1.30. The maximum absolute atomic E-state index is 13.3. The van der Waals surface area contributed by atoms with Gasteiger partial charge in [0.1, 0.15) is 22.1 Å². The van der Waals surface area contributed by atoms with Crippen LogP contribution in [0.4, 0.5) is 0 Å². The second-order valence-corrected chi connectivity index (χ2v) is 6.61. The van der Waals surface area contributed by atoms with E-state index in [1.165, 1.54) is 27.4 Å². The zero-order valence-corrected chi connectivity index (χ0v) is 15.0. The van der Waals surface area contributed by atoms with Gasteiger partial charge in [-0.3, -0.25) is 9.59 Å².